The molecular formula is C35H31F2NS3. The van der Waals surface area contributed by atoms with E-state index in [1.807, 2.05) is 36.4 Å². The second-order valence-electron chi connectivity index (χ2n) is 11.4. The normalized spacial score (nSPS) is 11.8. The fourth-order valence-corrected chi connectivity index (χ4v) is 8.17. The van der Waals surface area contributed by atoms with Gasteiger partial charge in [0, 0.05) is 52.5 Å². The maximum atomic E-state index is 15.0. The molecule has 3 aromatic heterocycles. The van der Waals surface area contributed by atoms with Gasteiger partial charge in [0.2, 0.25) is 0 Å². The van der Waals surface area contributed by atoms with Crippen molar-refractivity contribution in [2.24, 2.45) is 11.8 Å². The minimum atomic E-state index is -0.176. The SMILES string of the molecule is CC(C)Cc1ccc(-c2ccc(-c3ccc(-c4ccc(-c5ccc(CC(C)C)cc5F)s4)c4nscc34)s2)c(F)c1. The molecule has 0 atom stereocenters. The molecule has 6 rings (SSSR count). The first-order valence-corrected chi connectivity index (χ1v) is 16.4. The predicted molar refractivity (Wildman–Crippen MR) is 174 cm³/mol. The number of thiophene rings is 2. The summed E-state index contributed by atoms with van der Waals surface area (Å²) in [5, 5.41) is 3.16. The van der Waals surface area contributed by atoms with Crippen molar-refractivity contribution in [2.75, 3.05) is 0 Å². The molecule has 0 aliphatic rings. The highest BCUT2D eigenvalue weighted by atomic mass is 32.1. The zero-order valence-corrected chi connectivity index (χ0v) is 26.0. The minimum Gasteiger partial charge on any atom is -0.206 e. The number of hydrogen-bond acceptors (Lipinski definition) is 4. The predicted octanol–water partition coefficient (Wildman–Crippen LogP) is 11.8. The average Bonchev–Trinajstić information content (AvgIpc) is 3.69. The van der Waals surface area contributed by atoms with Crippen LogP contribution in [-0.4, -0.2) is 4.37 Å². The van der Waals surface area contributed by atoms with Crippen molar-refractivity contribution in [3.8, 4) is 41.8 Å². The van der Waals surface area contributed by atoms with Crippen molar-refractivity contribution in [1.29, 1.82) is 0 Å². The summed E-state index contributed by atoms with van der Waals surface area (Å²) in [5.41, 5.74) is 6.41. The van der Waals surface area contributed by atoms with Crippen molar-refractivity contribution in [3.05, 3.63) is 101 Å². The number of aromatic nitrogens is 1. The van der Waals surface area contributed by atoms with Gasteiger partial charge in [-0.1, -0.05) is 64.1 Å². The number of nitrogens with zero attached hydrogens (tertiary/aromatic N) is 1. The van der Waals surface area contributed by atoms with Gasteiger partial charge in [0.15, 0.2) is 0 Å². The minimum absolute atomic E-state index is 0.172. The molecule has 0 saturated carbocycles. The first kappa shape index (κ1) is 28.0. The fourth-order valence-electron chi connectivity index (χ4n) is 5.34. The Hall–Kier alpha value is -3.19. The highest BCUT2D eigenvalue weighted by Crippen LogP contribution is 2.43. The molecule has 3 heterocycles. The number of fused-ring (bicyclic) bond motifs is 1. The van der Waals surface area contributed by atoms with Crippen LogP contribution in [0.15, 0.2) is 78.2 Å². The Bertz CT molecular complexity index is 1710. The number of rotatable bonds is 8. The second kappa shape index (κ2) is 11.6. The van der Waals surface area contributed by atoms with Gasteiger partial charge in [-0.25, -0.2) is 8.78 Å². The van der Waals surface area contributed by atoms with Crippen molar-refractivity contribution in [3.63, 3.8) is 0 Å². The van der Waals surface area contributed by atoms with Crippen molar-refractivity contribution >= 4 is 45.1 Å². The molecule has 0 amide bonds. The molecule has 0 saturated heterocycles. The van der Waals surface area contributed by atoms with Gasteiger partial charge in [-0.15, -0.1) is 22.7 Å². The molecule has 0 spiro atoms. The fraction of sp³-hybridized carbons (Fsp3) is 0.229. The number of hydrogen-bond donors (Lipinski definition) is 0. The average molecular weight is 600 g/mol. The highest BCUT2D eigenvalue weighted by Gasteiger charge is 2.17. The Morgan fingerprint density at radius 2 is 1.02 bits per heavy atom. The zero-order valence-electron chi connectivity index (χ0n) is 23.5. The van der Waals surface area contributed by atoms with E-state index in [2.05, 4.69) is 57.3 Å². The number of halogens is 2. The van der Waals surface area contributed by atoms with Crippen LogP contribution in [0.3, 0.4) is 0 Å². The van der Waals surface area contributed by atoms with E-state index in [1.54, 1.807) is 34.8 Å². The molecule has 0 fully saturated rings. The summed E-state index contributed by atoms with van der Waals surface area (Å²) in [4.78, 5) is 3.96. The Kier molecular flexibility index (Phi) is 7.90. The van der Waals surface area contributed by atoms with Gasteiger partial charge in [-0.3, -0.25) is 0 Å². The van der Waals surface area contributed by atoms with Crippen LogP contribution >= 0.6 is 34.2 Å². The lowest BCUT2D eigenvalue weighted by Crippen LogP contribution is -1.95. The summed E-state index contributed by atoms with van der Waals surface area (Å²) in [7, 11) is 0. The third-order valence-electron chi connectivity index (χ3n) is 7.16. The third-order valence-corrected chi connectivity index (χ3v) is 10.1. The Labute approximate surface area is 252 Å². The van der Waals surface area contributed by atoms with Crippen LogP contribution in [0, 0.1) is 23.5 Å². The van der Waals surface area contributed by atoms with Gasteiger partial charge in [0.1, 0.15) is 11.6 Å². The summed E-state index contributed by atoms with van der Waals surface area (Å²) in [5.74, 6) is 0.625. The van der Waals surface area contributed by atoms with Crippen molar-refractivity contribution in [1.82, 2.24) is 4.37 Å². The Morgan fingerprint density at radius 3 is 1.51 bits per heavy atom. The van der Waals surface area contributed by atoms with Crippen LogP contribution in [0.5, 0.6) is 0 Å². The van der Waals surface area contributed by atoms with Crippen molar-refractivity contribution in [2.45, 2.75) is 40.5 Å². The molecule has 0 N–H and O–H groups in total. The maximum absolute atomic E-state index is 15.0. The smallest absolute Gasteiger partial charge is 0.132 e. The summed E-state index contributed by atoms with van der Waals surface area (Å²) in [6.07, 6.45) is 1.74. The molecule has 0 bridgehead atoms. The molecule has 0 radical (unpaired) electrons. The van der Waals surface area contributed by atoms with Gasteiger partial charge in [-0.05, 0) is 83.7 Å². The van der Waals surface area contributed by atoms with Crippen LogP contribution in [0.1, 0.15) is 38.8 Å². The van der Waals surface area contributed by atoms with Crippen LogP contribution < -0.4 is 0 Å². The van der Waals surface area contributed by atoms with Gasteiger partial charge in [0.25, 0.3) is 0 Å². The lowest BCUT2D eigenvalue weighted by molar-refractivity contribution is 0.615. The van der Waals surface area contributed by atoms with Gasteiger partial charge >= 0.3 is 0 Å². The molecule has 6 aromatic rings. The lowest BCUT2D eigenvalue weighted by atomic mass is 10.0. The number of benzene rings is 3. The molecule has 0 aliphatic carbocycles. The monoisotopic (exact) mass is 599 g/mol. The molecule has 6 heteroatoms. The largest absolute Gasteiger partial charge is 0.206 e. The van der Waals surface area contributed by atoms with Crippen LogP contribution in [0.25, 0.3) is 52.7 Å². The third kappa shape index (κ3) is 5.78. The van der Waals surface area contributed by atoms with Crippen LogP contribution in [-0.2, 0) is 12.8 Å². The van der Waals surface area contributed by atoms with E-state index in [9.17, 15) is 0 Å². The van der Waals surface area contributed by atoms with E-state index in [0.29, 0.717) is 23.0 Å². The molecule has 3 aromatic carbocycles. The van der Waals surface area contributed by atoms with Gasteiger partial charge < -0.3 is 0 Å². The Morgan fingerprint density at radius 1 is 0.585 bits per heavy atom. The lowest BCUT2D eigenvalue weighted by Gasteiger charge is -2.08. The maximum Gasteiger partial charge on any atom is 0.132 e. The Balaban J connectivity index is 1.30. The molecule has 0 unspecified atom stereocenters. The second-order valence-corrected chi connectivity index (χ2v) is 14.2. The van der Waals surface area contributed by atoms with E-state index in [-0.39, 0.29) is 11.6 Å². The van der Waals surface area contributed by atoms with E-state index in [4.69, 9.17) is 4.37 Å². The highest BCUT2D eigenvalue weighted by molar-refractivity contribution is 7.19. The van der Waals surface area contributed by atoms with Crippen molar-refractivity contribution < 1.29 is 8.78 Å². The standard InChI is InChI=1S/C35H31F2NS3/c1-20(2)15-22-5-7-25(29(36)17-22)32-12-11-31(40-32)24-9-10-27(35-28(24)19-39-38-35)34-14-13-33(41-34)26-8-6-23(16-21(3)4)18-30(26)37/h5-14,17-21H,15-16H2,1-4H3. The quantitative estimate of drug-likeness (QED) is 0.170. The summed E-state index contributed by atoms with van der Waals surface area (Å²) < 4.78 is 34.8. The van der Waals surface area contributed by atoms with E-state index >= 15 is 8.78 Å². The molecule has 208 valence electrons. The van der Waals surface area contributed by atoms with Gasteiger partial charge in [-0.2, -0.15) is 4.37 Å². The van der Waals surface area contributed by atoms with E-state index in [1.165, 1.54) is 11.5 Å². The molecule has 1 nitrogen and oxygen atoms in total. The zero-order chi connectivity index (χ0) is 28.7. The molecule has 41 heavy (non-hydrogen) atoms. The van der Waals surface area contributed by atoms with E-state index in [0.717, 1.165) is 65.5 Å². The topological polar surface area (TPSA) is 12.9 Å². The van der Waals surface area contributed by atoms with Gasteiger partial charge in [0.05, 0.1) is 5.52 Å². The van der Waals surface area contributed by atoms with Crippen LogP contribution in [0.4, 0.5) is 8.78 Å². The van der Waals surface area contributed by atoms with E-state index < -0.39 is 0 Å². The first-order valence-electron chi connectivity index (χ1n) is 13.9. The molecule has 0 aliphatic heterocycles. The first-order chi connectivity index (χ1) is 19.8. The summed E-state index contributed by atoms with van der Waals surface area (Å²) in [6, 6.07) is 23.6. The van der Waals surface area contributed by atoms with Crippen LogP contribution in [0.2, 0.25) is 0 Å². The summed E-state index contributed by atoms with van der Waals surface area (Å²) >= 11 is 4.62. The summed E-state index contributed by atoms with van der Waals surface area (Å²) in [6.45, 7) is 8.58. The molecular weight excluding hydrogens is 569 g/mol.